The van der Waals surface area contributed by atoms with E-state index < -0.39 is 0 Å². The summed E-state index contributed by atoms with van der Waals surface area (Å²) in [5.74, 6) is 0.714. The smallest absolute Gasteiger partial charge is 0.226 e. The van der Waals surface area contributed by atoms with E-state index in [0.717, 1.165) is 35.9 Å². The molecule has 1 N–H and O–H groups in total. The quantitative estimate of drug-likeness (QED) is 0.817. The van der Waals surface area contributed by atoms with Crippen molar-refractivity contribution >= 4 is 28.8 Å². The van der Waals surface area contributed by atoms with Crippen molar-refractivity contribution in [1.82, 2.24) is 10.3 Å². The molecule has 1 aromatic heterocycles. The monoisotopic (exact) mass is 366 g/mol. The summed E-state index contributed by atoms with van der Waals surface area (Å²) < 4.78 is 11.1. The highest BCUT2D eigenvalue weighted by atomic mass is 35.5. The van der Waals surface area contributed by atoms with Crippen molar-refractivity contribution in [2.45, 2.75) is 32.0 Å². The van der Waals surface area contributed by atoms with E-state index in [1.54, 1.807) is 12.1 Å². The van der Waals surface area contributed by atoms with Crippen LogP contribution >= 0.6 is 22.9 Å². The minimum atomic E-state index is -0.0269. The van der Waals surface area contributed by atoms with Gasteiger partial charge in [-0.05, 0) is 37.1 Å². The summed E-state index contributed by atoms with van der Waals surface area (Å²) in [5, 5.41) is 6.31. The molecule has 1 atom stereocenters. The molecule has 7 heteroatoms. The van der Waals surface area contributed by atoms with E-state index in [9.17, 15) is 4.79 Å². The van der Waals surface area contributed by atoms with Gasteiger partial charge in [-0.25, -0.2) is 4.98 Å². The first-order chi connectivity index (χ1) is 11.7. The molecule has 1 saturated heterocycles. The molecule has 1 fully saturated rings. The van der Waals surface area contributed by atoms with Gasteiger partial charge in [-0.3, -0.25) is 4.79 Å². The van der Waals surface area contributed by atoms with Gasteiger partial charge >= 0.3 is 0 Å². The molecule has 0 radical (unpaired) electrons. The van der Waals surface area contributed by atoms with Crippen molar-refractivity contribution in [3.8, 4) is 5.75 Å². The number of nitrogens with zero attached hydrogens (tertiary/aromatic N) is 1. The number of thiazole rings is 1. The maximum atomic E-state index is 11.9. The third-order valence-electron chi connectivity index (χ3n) is 3.67. The molecule has 128 valence electrons. The molecule has 2 aromatic rings. The standard InChI is InChI=1S/C17H19ClN2O3S/c18-12-3-5-14(6-4-12)23-10-17-20-13(11-24-17)8-16(21)19-9-15-2-1-7-22-15/h3-6,11,15H,1-2,7-10H2,(H,19,21). The lowest BCUT2D eigenvalue weighted by Gasteiger charge is -2.10. The Hall–Kier alpha value is -1.63. The van der Waals surface area contributed by atoms with Gasteiger partial charge < -0.3 is 14.8 Å². The number of rotatable bonds is 7. The molecule has 0 spiro atoms. The van der Waals surface area contributed by atoms with Gasteiger partial charge in [0, 0.05) is 23.6 Å². The number of halogens is 1. The van der Waals surface area contributed by atoms with E-state index in [1.807, 2.05) is 17.5 Å². The van der Waals surface area contributed by atoms with Crippen LogP contribution in [0.5, 0.6) is 5.75 Å². The number of ether oxygens (including phenoxy) is 2. The first kappa shape index (κ1) is 17.2. The Morgan fingerprint density at radius 1 is 1.42 bits per heavy atom. The highest BCUT2D eigenvalue weighted by molar-refractivity contribution is 7.09. The summed E-state index contributed by atoms with van der Waals surface area (Å²) >= 11 is 7.33. The van der Waals surface area contributed by atoms with Crippen molar-refractivity contribution in [3.05, 3.63) is 45.4 Å². The second-order valence-electron chi connectivity index (χ2n) is 5.59. The van der Waals surface area contributed by atoms with Crippen molar-refractivity contribution in [2.24, 2.45) is 0 Å². The van der Waals surface area contributed by atoms with Crippen LogP contribution in [0.4, 0.5) is 0 Å². The molecule has 1 aromatic carbocycles. The average molecular weight is 367 g/mol. The number of hydrogen-bond acceptors (Lipinski definition) is 5. The van der Waals surface area contributed by atoms with E-state index in [2.05, 4.69) is 10.3 Å². The Labute approximate surface area is 150 Å². The summed E-state index contributed by atoms with van der Waals surface area (Å²) in [6, 6.07) is 7.19. The summed E-state index contributed by atoms with van der Waals surface area (Å²) in [4.78, 5) is 16.4. The minimum absolute atomic E-state index is 0.0269. The molecule has 2 heterocycles. The average Bonchev–Trinajstić information content (AvgIpc) is 3.24. The summed E-state index contributed by atoms with van der Waals surface area (Å²) in [7, 11) is 0. The zero-order chi connectivity index (χ0) is 16.8. The topological polar surface area (TPSA) is 60.5 Å². The molecular weight excluding hydrogens is 348 g/mol. The molecule has 24 heavy (non-hydrogen) atoms. The van der Waals surface area contributed by atoms with Crippen molar-refractivity contribution in [3.63, 3.8) is 0 Å². The van der Waals surface area contributed by atoms with Crippen LogP contribution in [0.15, 0.2) is 29.6 Å². The molecule has 0 bridgehead atoms. The van der Waals surface area contributed by atoms with Gasteiger partial charge in [-0.15, -0.1) is 11.3 Å². The second-order valence-corrected chi connectivity index (χ2v) is 6.97. The molecule has 1 amide bonds. The molecule has 0 saturated carbocycles. The van der Waals surface area contributed by atoms with Crippen molar-refractivity contribution in [2.75, 3.05) is 13.2 Å². The van der Waals surface area contributed by atoms with Crippen LogP contribution in [-0.2, 0) is 22.6 Å². The summed E-state index contributed by atoms with van der Waals surface area (Å²) in [5.41, 5.74) is 0.763. The van der Waals surface area contributed by atoms with Crippen molar-refractivity contribution < 1.29 is 14.3 Å². The Morgan fingerprint density at radius 3 is 3.00 bits per heavy atom. The third kappa shape index (κ3) is 5.19. The predicted octanol–water partition coefficient (Wildman–Crippen LogP) is 3.21. The minimum Gasteiger partial charge on any atom is -0.486 e. The fraction of sp³-hybridized carbons (Fsp3) is 0.412. The molecule has 5 nitrogen and oxygen atoms in total. The normalized spacial score (nSPS) is 17.0. The Balaban J connectivity index is 1.42. The van der Waals surface area contributed by atoms with Crippen LogP contribution in [0.1, 0.15) is 23.5 Å². The number of amides is 1. The van der Waals surface area contributed by atoms with E-state index in [4.69, 9.17) is 21.1 Å². The summed E-state index contributed by atoms with van der Waals surface area (Å²) in [6.07, 6.45) is 2.53. The lowest BCUT2D eigenvalue weighted by molar-refractivity contribution is -0.121. The first-order valence-corrected chi connectivity index (χ1v) is 9.15. The number of carbonyl (C=O) groups excluding carboxylic acids is 1. The van der Waals surface area contributed by atoms with Crippen LogP contribution in [0.2, 0.25) is 5.02 Å². The Bertz CT molecular complexity index is 669. The maximum absolute atomic E-state index is 11.9. The molecule has 1 aliphatic heterocycles. The van der Waals surface area contributed by atoms with Gasteiger partial charge in [-0.2, -0.15) is 0 Å². The largest absolute Gasteiger partial charge is 0.486 e. The Kier molecular flexibility index (Phi) is 6.07. The number of hydrogen-bond donors (Lipinski definition) is 1. The lowest BCUT2D eigenvalue weighted by atomic mass is 10.2. The van der Waals surface area contributed by atoms with Crippen LogP contribution in [0, 0.1) is 0 Å². The zero-order valence-corrected chi connectivity index (χ0v) is 14.7. The van der Waals surface area contributed by atoms with Crippen LogP contribution in [0.3, 0.4) is 0 Å². The number of benzene rings is 1. The van der Waals surface area contributed by atoms with Gasteiger partial charge in [0.25, 0.3) is 0 Å². The maximum Gasteiger partial charge on any atom is 0.226 e. The van der Waals surface area contributed by atoms with Crippen LogP contribution < -0.4 is 10.1 Å². The highest BCUT2D eigenvalue weighted by Gasteiger charge is 2.16. The predicted molar refractivity (Wildman–Crippen MR) is 93.6 cm³/mol. The second kappa shape index (κ2) is 8.46. The van der Waals surface area contributed by atoms with Crippen LogP contribution in [0.25, 0.3) is 0 Å². The fourth-order valence-corrected chi connectivity index (χ4v) is 3.26. The molecular formula is C17H19ClN2O3S. The first-order valence-electron chi connectivity index (χ1n) is 7.89. The summed E-state index contributed by atoms with van der Waals surface area (Å²) in [6.45, 7) is 1.75. The fourth-order valence-electron chi connectivity index (χ4n) is 2.43. The number of nitrogens with one attached hydrogen (secondary N) is 1. The van der Waals surface area contributed by atoms with Gasteiger partial charge in [-0.1, -0.05) is 11.6 Å². The van der Waals surface area contributed by atoms with Gasteiger partial charge in [0.1, 0.15) is 17.4 Å². The molecule has 1 aliphatic rings. The Morgan fingerprint density at radius 2 is 2.25 bits per heavy atom. The molecule has 0 aliphatic carbocycles. The van der Waals surface area contributed by atoms with Gasteiger partial charge in [0.05, 0.1) is 18.2 Å². The zero-order valence-electron chi connectivity index (χ0n) is 13.2. The van der Waals surface area contributed by atoms with E-state index >= 15 is 0 Å². The van der Waals surface area contributed by atoms with Crippen LogP contribution in [-0.4, -0.2) is 30.1 Å². The SMILES string of the molecule is O=C(Cc1csc(COc2ccc(Cl)cc2)n1)NCC1CCCO1. The highest BCUT2D eigenvalue weighted by Crippen LogP contribution is 2.18. The van der Waals surface area contributed by atoms with Gasteiger partial charge in [0.15, 0.2) is 0 Å². The molecule has 3 rings (SSSR count). The van der Waals surface area contributed by atoms with Gasteiger partial charge in [0.2, 0.25) is 5.91 Å². The number of carbonyl (C=O) groups is 1. The van der Waals surface area contributed by atoms with E-state index in [1.165, 1.54) is 11.3 Å². The van der Waals surface area contributed by atoms with E-state index in [-0.39, 0.29) is 18.4 Å². The third-order valence-corrected chi connectivity index (χ3v) is 4.79. The lowest BCUT2D eigenvalue weighted by Crippen LogP contribution is -2.32. The van der Waals surface area contributed by atoms with E-state index in [0.29, 0.717) is 18.2 Å². The number of aromatic nitrogens is 1. The molecule has 1 unspecified atom stereocenters. The van der Waals surface area contributed by atoms with Crippen molar-refractivity contribution in [1.29, 1.82) is 0 Å².